The molecule has 1 aromatic rings. The van der Waals surface area contributed by atoms with Crippen LogP contribution >= 0.6 is 0 Å². The van der Waals surface area contributed by atoms with Gasteiger partial charge in [-0.3, -0.25) is 4.79 Å². The average Bonchev–Trinajstić information content (AvgIpc) is 2.33. The highest BCUT2D eigenvalue weighted by Gasteiger charge is 2.13. The Morgan fingerprint density at radius 3 is 2.50 bits per heavy atom. The lowest BCUT2D eigenvalue weighted by molar-refractivity contribution is -0.116. The van der Waals surface area contributed by atoms with Crippen molar-refractivity contribution in [1.29, 1.82) is 0 Å². The third-order valence-electron chi connectivity index (χ3n) is 2.84. The van der Waals surface area contributed by atoms with Crippen molar-refractivity contribution in [2.75, 3.05) is 0 Å². The summed E-state index contributed by atoms with van der Waals surface area (Å²) in [6.45, 7) is 0. The number of benzene rings is 1. The number of hydrogen-bond acceptors (Lipinski definition) is 1. The third kappa shape index (κ3) is 2.93. The van der Waals surface area contributed by atoms with Crippen molar-refractivity contribution in [1.82, 2.24) is 0 Å². The van der Waals surface area contributed by atoms with Crippen LogP contribution in [-0.4, -0.2) is 5.78 Å². The van der Waals surface area contributed by atoms with Crippen molar-refractivity contribution in [3.05, 3.63) is 53.6 Å². The molecule has 1 aromatic carbocycles. The largest absolute Gasteiger partial charge is 0.295 e. The minimum absolute atomic E-state index is 0.323. The van der Waals surface area contributed by atoms with Crippen molar-refractivity contribution >= 4 is 11.9 Å². The minimum Gasteiger partial charge on any atom is -0.295 e. The Balaban J connectivity index is 2.02. The number of ketones is 1. The van der Waals surface area contributed by atoms with Crippen molar-refractivity contribution < 1.29 is 4.79 Å². The molecule has 1 saturated carbocycles. The third-order valence-corrected chi connectivity index (χ3v) is 2.84. The van der Waals surface area contributed by atoms with E-state index in [4.69, 9.17) is 0 Å². The zero-order chi connectivity index (χ0) is 11.2. The summed E-state index contributed by atoms with van der Waals surface area (Å²) in [4.78, 5) is 11.5. The Morgan fingerprint density at radius 2 is 1.75 bits per heavy atom. The topological polar surface area (TPSA) is 17.1 Å². The van der Waals surface area contributed by atoms with Gasteiger partial charge in [-0.2, -0.15) is 0 Å². The van der Waals surface area contributed by atoms with Crippen LogP contribution in [0, 0.1) is 0 Å². The molecule has 16 heavy (non-hydrogen) atoms. The van der Waals surface area contributed by atoms with Crippen LogP contribution in [0.1, 0.15) is 31.2 Å². The molecule has 0 atom stereocenters. The second-order valence-electron chi connectivity index (χ2n) is 4.09. The van der Waals surface area contributed by atoms with Crippen LogP contribution in [0.2, 0.25) is 0 Å². The quantitative estimate of drug-likeness (QED) is 0.682. The molecule has 0 heterocycles. The van der Waals surface area contributed by atoms with Crippen LogP contribution in [0.4, 0.5) is 0 Å². The zero-order valence-corrected chi connectivity index (χ0v) is 9.36. The van der Waals surface area contributed by atoms with Gasteiger partial charge in [0.1, 0.15) is 0 Å². The summed E-state index contributed by atoms with van der Waals surface area (Å²) < 4.78 is 0. The lowest BCUT2D eigenvalue weighted by Gasteiger charge is -2.11. The summed E-state index contributed by atoms with van der Waals surface area (Å²) in [7, 11) is 0. The second kappa shape index (κ2) is 5.45. The number of hydrogen-bond donors (Lipinski definition) is 0. The van der Waals surface area contributed by atoms with Crippen molar-refractivity contribution in [3.8, 4) is 0 Å². The highest BCUT2D eigenvalue weighted by Crippen LogP contribution is 2.19. The molecule has 1 heteroatoms. The molecule has 0 aliphatic heterocycles. The fourth-order valence-corrected chi connectivity index (χ4v) is 1.92. The first-order valence-electron chi connectivity index (χ1n) is 5.82. The van der Waals surface area contributed by atoms with Gasteiger partial charge in [0, 0.05) is 6.42 Å². The van der Waals surface area contributed by atoms with Crippen LogP contribution in [0.15, 0.2) is 48.1 Å². The van der Waals surface area contributed by atoms with Gasteiger partial charge in [0.2, 0.25) is 0 Å². The van der Waals surface area contributed by atoms with Crippen molar-refractivity contribution in [3.63, 3.8) is 0 Å². The summed E-state index contributed by atoms with van der Waals surface area (Å²) >= 11 is 0. The first-order chi connectivity index (χ1) is 7.86. The maximum Gasteiger partial charge on any atom is 0.158 e. The maximum absolute atomic E-state index is 11.5. The molecule has 1 nitrogen and oxygen atoms in total. The van der Waals surface area contributed by atoms with E-state index < -0.39 is 0 Å². The smallest absolute Gasteiger partial charge is 0.158 e. The molecular formula is C15H16O. The Bertz CT molecular complexity index is 412. The Hall–Kier alpha value is -1.63. The number of Topliss-reactive ketones (excluding diaryl/α,β-unsaturated/α-hetero) is 1. The van der Waals surface area contributed by atoms with Crippen LogP contribution in [0.5, 0.6) is 0 Å². The Kier molecular flexibility index (Phi) is 3.71. The standard InChI is InChI=1S/C15H16O/c16-15-12-5-4-10-14(15)11-6-9-13-7-2-1-3-8-13/h1-3,6-9,11H,4-5,10,12H2/b9-6+,14-11+. The van der Waals surface area contributed by atoms with Crippen LogP contribution in [-0.2, 0) is 4.79 Å². The van der Waals surface area contributed by atoms with E-state index in [0.717, 1.165) is 31.3 Å². The van der Waals surface area contributed by atoms with Crippen molar-refractivity contribution in [2.24, 2.45) is 0 Å². The second-order valence-corrected chi connectivity index (χ2v) is 4.09. The van der Waals surface area contributed by atoms with Gasteiger partial charge in [-0.1, -0.05) is 48.6 Å². The van der Waals surface area contributed by atoms with Gasteiger partial charge < -0.3 is 0 Å². The predicted molar refractivity (Wildman–Crippen MR) is 67.0 cm³/mol. The molecule has 1 aliphatic carbocycles. The van der Waals surface area contributed by atoms with Crippen LogP contribution in [0.25, 0.3) is 6.08 Å². The molecule has 0 bridgehead atoms. The van der Waals surface area contributed by atoms with E-state index in [1.165, 1.54) is 5.56 Å². The molecule has 1 fully saturated rings. The molecule has 0 radical (unpaired) electrons. The van der Waals surface area contributed by atoms with Gasteiger partial charge in [-0.25, -0.2) is 0 Å². The molecule has 1 aliphatic rings. The summed E-state index contributed by atoms with van der Waals surface area (Å²) in [5.41, 5.74) is 2.15. The maximum atomic E-state index is 11.5. The molecule has 0 saturated heterocycles. The van der Waals surface area contributed by atoms with E-state index in [1.54, 1.807) is 0 Å². The normalized spacial score (nSPS) is 19.5. The molecule has 0 amide bonds. The fourth-order valence-electron chi connectivity index (χ4n) is 1.92. The molecular weight excluding hydrogens is 196 g/mol. The molecule has 0 spiro atoms. The lowest BCUT2D eigenvalue weighted by atomic mass is 9.93. The average molecular weight is 212 g/mol. The van der Waals surface area contributed by atoms with Crippen LogP contribution in [0.3, 0.4) is 0 Å². The summed E-state index contributed by atoms with van der Waals surface area (Å²) in [6, 6.07) is 10.1. The van der Waals surface area contributed by atoms with E-state index >= 15 is 0 Å². The highest BCUT2D eigenvalue weighted by atomic mass is 16.1. The van der Waals surface area contributed by atoms with E-state index in [-0.39, 0.29) is 0 Å². The summed E-state index contributed by atoms with van der Waals surface area (Å²) in [6.07, 6.45) is 9.86. The van der Waals surface area contributed by atoms with Gasteiger partial charge in [0.05, 0.1) is 0 Å². The predicted octanol–water partition coefficient (Wildman–Crippen LogP) is 3.77. The number of carbonyl (C=O) groups excluding carboxylic acids is 1. The SMILES string of the molecule is O=C1CCCC/C1=C\C=C\c1ccccc1. The lowest BCUT2D eigenvalue weighted by Crippen LogP contribution is -2.07. The highest BCUT2D eigenvalue weighted by molar-refractivity contribution is 5.96. The monoisotopic (exact) mass is 212 g/mol. The van der Waals surface area contributed by atoms with E-state index in [0.29, 0.717) is 5.78 Å². The summed E-state index contributed by atoms with van der Waals surface area (Å²) in [5.74, 6) is 0.323. The number of allylic oxidation sites excluding steroid dienone is 3. The van der Waals surface area contributed by atoms with E-state index in [1.807, 2.05) is 36.4 Å². The minimum atomic E-state index is 0.323. The van der Waals surface area contributed by atoms with E-state index in [2.05, 4.69) is 12.1 Å². The van der Waals surface area contributed by atoms with Gasteiger partial charge >= 0.3 is 0 Å². The summed E-state index contributed by atoms with van der Waals surface area (Å²) in [5, 5.41) is 0. The fraction of sp³-hybridized carbons (Fsp3) is 0.267. The van der Waals surface area contributed by atoms with Crippen molar-refractivity contribution in [2.45, 2.75) is 25.7 Å². The Labute approximate surface area is 96.5 Å². The molecule has 2 rings (SSSR count). The molecule has 0 unspecified atom stereocenters. The number of rotatable bonds is 2. The number of carbonyl (C=O) groups is 1. The first-order valence-corrected chi connectivity index (χ1v) is 5.82. The Morgan fingerprint density at radius 1 is 1.00 bits per heavy atom. The first kappa shape index (κ1) is 10.9. The zero-order valence-electron chi connectivity index (χ0n) is 9.36. The molecule has 82 valence electrons. The molecule has 0 N–H and O–H groups in total. The van der Waals surface area contributed by atoms with Crippen LogP contribution < -0.4 is 0 Å². The van der Waals surface area contributed by atoms with Gasteiger partial charge in [0.25, 0.3) is 0 Å². The van der Waals surface area contributed by atoms with Gasteiger partial charge in [-0.05, 0) is 30.4 Å². The van der Waals surface area contributed by atoms with Gasteiger partial charge in [0.15, 0.2) is 5.78 Å². The van der Waals surface area contributed by atoms with Gasteiger partial charge in [-0.15, -0.1) is 0 Å². The van der Waals surface area contributed by atoms with E-state index in [9.17, 15) is 4.79 Å². The molecule has 0 aromatic heterocycles.